The predicted octanol–water partition coefficient (Wildman–Crippen LogP) is 2.51. The zero-order chi connectivity index (χ0) is 12.7. The number of aryl methyl sites for hydroxylation is 1. The van der Waals surface area contributed by atoms with Crippen LogP contribution in [-0.2, 0) is 11.2 Å². The van der Waals surface area contributed by atoms with Gasteiger partial charge in [0.2, 0.25) is 0 Å². The van der Waals surface area contributed by atoms with E-state index < -0.39 is 0 Å². The normalized spacial score (nSPS) is 26.7. The molecular formula is C15H22N2O. The average molecular weight is 246 g/mol. The quantitative estimate of drug-likeness (QED) is 0.815. The second-order valence-electron chi connectivity index (χ2n) is 5.68. The minimum atomic E-state index is 0.397. The molecule has 2 aliphatic heterocycles. The molecule has 2 atom stereocenters. The number of hydrogen-bond acceptors (Lipinski definition) is 3. The van der Waals surface area contributed by atoms with Crippen molar-refractivity contribution in [2.24, 2.45) is 0 Å². The number of rotatable bonds is 2. The van der Waals surface area contributed by atoms with Gasteiger partial charge < -0.3 is 15.4 Å². The van der Waals surface area contributed by atoms with Crippen molar-refractivity contribution in [3.05, 3.63) is 23.3 Å². The summed E-state index contributed by atoms with van der Waals surface area (Å²) in [6, 6.07) is 4.37. The van der Waals surface area contributed by atoms with Gasteiger partial charge in [0, 0.05) is 24.5 Å². The van der Waals surface area contributed by atoms with Gasteiger partial charge in [0.05, 0.1) is 12.2 Å². The summed E-state index contributed by atoms with van der Waals surface area (Å²) in [6.45, 7) is 6.37. The van der Waals surface area contributed by atoms with Crippen LogP contribution < -0.4 is 10.6 Å². The minimum absolute atomic E-state index is 0.397. The molecule has 0 radical (unpaired) electrons. The summed E-state index contributed by atoms with van der Waals surface area (Å²) in [5, 5.41) is 0. The maximum absolute atomic E-state index is 6.03. The van der Waals surface area contributed by atoms with E-state index in [0.29, 0.717) is 12.2 Å². The molecule has 18 heavy (non-hydrogen) atoms. The zero-order valence-electron chi connectivity index (χ0n) is 11.3. The second-order valence-corrected chi connectivity index (χ2v) is 5.68. The lowest BCUT2D eigenvalue weighted by Crippen LogP contribution is -2.31. The van der Waals surface area contributed by atoms with Crippen molar-refractivity contribution in [1.29, 1.82) is 0 Å². The Hall–Kier alpha value is -1.22. The molecule has 3 rings (SSSR count). The Balaban J connectivity index is 1.76. The number of nitrogens with two attached hydrogens (primary N) is 1. The fraction of sp³-hybridized carbons (Fsp3) is 0.600. The SMILES string of the molecule is Cc1cc2c(cc1N)N(CC1CCC(C)O1)CC2. The van der Waals surface area contributed by atoms with Crippen molar-refractivity contribution in [2.45, 2.75) is 45.3 Å². The van der Waals surface area contributed by atoms with Gasteiger partial charge >= 0.3 is 0 Å². The molecule has 2 aliphatic rings. The lowest BCUT2D eigenvalue weighted by atomic mass is 10.1. The lowest BCUT2D eigenvalue weighted by Gasteiger charge is -2.23. The van der Waals surface area contributed by atoms with Gasteiger partial charge in [0.1, 0.15) is 0 Å². The van der Waals surface area contributed by atoms with Gasteiger partial charge in [0.25, 0.3) is 0 Å². The molecule has 0 amide bonds. The first kappa shape index (κ1) is 11.8. The molecule has 0 aromatic heterocycles. The van der Waals surface area contributed by atoms with E-state index >= 15 is 0 Å². The molecule has 3 heteroatoms. The smallest absolute Gasteiger partial charge is 0.0754 e. The van der Waals surface area contributed by atoms with Crippen molar-refractivity contribution >= 4 is 11.4 Å². The third-order valence-corrected chi connectivity index (χ3v) is 4.20. The van der Waals surface area contributed by atoms with Crippen LogP contribution in [0.15, 0.2) is 12.1 Å². The summed E-state index contributed by atoms with van der Waals surface area (Å²) < 4.78 is 5.92. The van der Waals surface area contributed by atoms with Crippen molar-refractivity contribution in [3.63, 3.8) is 0 Å². The fourth-order valence-corrected chi connectivity index (χ4v) is 3.10. The van der Waals surface area contributed by atoms with Crippen molar-refractivity contribution in [2.75, 3.05) is 23.7 Å². The van der Waals surface area contributed by atoms with E-state index in [9.17, 15) is 0 Å². The largest absolute Gasteiger partial charge is 0.398 e. The van der Waals surface area contributed by atoms with Crippen LogP contribution in [0.5, 0.6) is 0 Å². The summed E-state index contributed by atoms with van der Waals surface area (Å²) in [7, 11) is 0. The molecule has 0 aliphatic carbocycles. The minimum Gasteiger partial charge on any atom is -0.398 e. The Morgan fingerprint density at radius 1 is 1.39 bits per heavy atom. The standard InChI is InChI=1S/C15H22N2O/c1-10-7-12-5-6-17(15(12)8-14(10)16)9-13-4-3-11(2)18-13/h7-8,11,13H,3-6,9,16H2,1-2H3. The molecule has 1 fully saturated rings. The predicted molar refractivity (Wildman–Crippen MR) is 75.1 cm³/mol. The van der Waals surface area contributed by atoms with Crippen LogP contribution in [0, 0.1) is 6.92 Å². The maximum Gasteiger partial charge on any atom is 0.0754 e. The summed E-state index contributed by atoms with van der Waals surface area (Å²) in [6.07, 6.45) is 4.35. The van der Waals surface area contributed by atoms with E-state index in [-0.39, 0.29) is 0 Å². The van der Waals surface area contributed by atoms with Gasteiger partial charge in [-0.2, -0.15) is 0 Å². The maximum atomic E-state index is 6.03. The lowest BCUT2D eigenvalue weighted by molar-refractivity contribution is 0.0602. The highest BCUT2D eigenvalue weighted by Gasteiger charge is 2.27. The van der Waals surface area contributed by atoms with Gasteiger partial charge in [-0.1, -0.05) is 6.07 Å². The van der Waals surface area contributed by atoms with Crippen molar-refractivity contribution < 1.29 is 4.74 Å². The Labute approximate surface area is 109 Å². The summed E-state index contributed by atoms with van der Waals surface area (Å²) in [5.41, 5.74) is 10.9. The van der Waals surface area contributed by atoms with Crippen molar-refractivity contribution in [1.82, 2.24) is 0 Å². The topological polar surface area (TPSA) is 38.5 Å². The van der Waals surface area contributed by atoms with Crippen LogP contribution in [0.25, 0.3) is 0 Å². The summed E-state index contributed by atoms with van der Waals surface area (Å²) in [5.74, 6) is 0. The molecule has 1 aromatic rings. The third kappa shape index (κ3) is 2.07. The molecule has 3 nitrogen and oxygen atoms in total. The molecular weight excluding hydrogens is 224 g/mol. The van der Waals surface area contributed by atoms with Crippen LogP contribution >= 0.6 is 0 Å². The van der Waals surface area contributed by atoms with Gasteiger partial charge in [-0.25, -0.2) is 0 Å². The number of nitrogens with zero attached hydrogens (tertiary/aromatic N) is 1. The number of anilines is 2. The number of fused-ring (bicyclic) bond motifs is 1. The average Bonchev–Trinajstić information content (AvgIpc) is 2.89. The Morgan fingerprint density at radius 3 is 2.94 bits per heavy atom. The number of benzene rings is 1. The molecule has 2 N–H and O–H groups in total. The first-order valence-electron chi connectivity index (χ1n) is 6.93. The van der Waals surface area contributed by atoms with Crippen LogP contribution in [0.3, 0.4) is 0 Å². The van der Waals surface area contributed by atoms with Crippen LogP contribution in [0.2, 0.25) is 0 Å². The number of hydrogen-bond donors (Lipinski definition) is 1. The van der Waals surface area contributed by atoms with Crippen LogP contribution in [0.1, 0.15) is 30.9 Å². The summed E-state index contributed by atoms with van der Waals surface area (Å²) in [4.78, 5) is 2.44. The third-order valence-electron chi connectivity index (χ3n) is 4.20. The van der Waals surface area contributed by atoms with E-state index in [1.54, 1.807) is 0 Å². The molecule has 1 aromatic carbocycles. The summed E-state index contributed by atoms with van der Waals surface area (Å²) >= 11 is 0. The monoisotopic (exact) mass is 246 g/mol. The molecule has 0 bridgehead atoms. The highest BCUT2D eigenvalue weighted by atomic mass is 16.5. The Bertz CT molecular complexity index is 458. The highest BCUT2D eigenvalue weighted by molar-refractivity contribution is 5.67. The molecule has 0 saturated carbocycles. The van der Waals surface area contributed by atoms with Crippen LogP contribution in [0.4, 0.5) is 11.4 Å². The Kier molecular flexibility index (Phi) is 2.94. The van der Waals surface area contributed by atoms with E-state index in [0.717, 1.165) is 25.2 Å². The molecule has 0 spiro atoms. The van der Waals surface area contributed by atoms with Crippen molar-refractivity contribution in [3.8, 4) is 0 Å². The van der Waals surface area contributed by atoms with Gasteiger partial charge in [-0.05, 0) is 50.3 Å². The molecule has 2 heterocycles. The number of nitrogen functional groups attached to an aromatic ring is 1. The zero-order valence-corrected chi connectivity index (χ0v) is 11.3. The molecule has 2 unspecified atom stereocenters. The Morgan fingerprint density at radius 2 is 2.22 bits per heavy atom. The van der Waals surface area contributed by atoms with Gasteiger partial charge in [0.15, 0.2) is 0 Å². The van der Waals surface area contributed by atoms with E-state index in [4.69, 9.17) is 10.5 Å². The molecule has 98 valence electrons. The highest BCUT2D eigenvalue weighted by Crippen LogP contribution is 2.33. The fourth-order valence-electron chi connectivity index (χ4n) is 3.10. The molecule has 1 saturated heterocycles. The van der Waals surface area contributed by atoms with E-state index in [1.165, 1.54) is 29.7 Å². The first-order chi connectivity index (χ1) is 8.63. The van der Waals surface area contributed by atoms with E-state index in [2.05, 4.69) is 30.9 Å². The van der Waals surface area contributed by atoms with Gasteiger partial charge in [-0.3, -0.25) is 0 Å². The van der Waals surface area contributed by atoms with Gasteiger partial charge in [-0.15, -0.1) is 0 Å². The van der Waals surface area contributed by atoms with E-state index in [1.807, 2.05) is 0 Å². The van der Waals surface area contributed by atoms with Crippen LogP contribution in [-0.4, -0.2) is 25.3 Å². The second kappa shape index (κ2) is 4.47. The first-order valence-corrected chi connectivity index (χ1v) is 6.93. The number of ether oxygens (including phenoxy) is 1.